The molecule has 86 valence electrons. The van der Waals surface area contributed by atoms with Crippen LogP contribution in [0.3, 0.4) is 0 Å². The largest absolute Gasteiger partial charge is 0.340 e. The number of nitrogens with zero attached hydrogens (tertiary/aromatic N) is 4. The van der Waals surface area contributed by atoms with Crippen molar-refractivity contribution >= 4 is 11.0 Å². The Bertz CT molecular complexity index is 643. The first-order valence-corrected chi connectivity index (χ1v) is 5.23. The van der Waals surface area contributed by atoms with Gasteiger partial charge in [-0.2, -0.15) is 5.10 Å². The lowest BCUT2D eigenvalue weighted by Crippen LogP contribution is -2.08. The summed E-state index contributed by atoms with van der Waals surface area (Å²) >= 11 is 0. The molecule has 1 N–H and O–H groups in total. The van der Waals surface area contributed by atoms with Crippen molar-refractivity contribution in [2.24, 2.45) is 0 Å². The molecule has 17 heavy (non-hydrogen) atoms. The minimum Gasteiger partial charge on any atom is -0.340 e. The zero-order chi connectivity index (χ0) is 11.8. The van der Waals surface area contributed by atoms with Crippen LogP contribution in [0.15, 0.2) is 30.9 Å². The second kappa shape index (κ2) is 3.65. The van der Waals surface area contributed by atoms with Crippen LogP contribution in [0.25, 0.3) is 11.0 Å². The lowest BCUT2D eigenvalue weighted by Gasteiger charge is -2.06. The molecule has 2 heterocycles. The van der Waals surface area contributed by atoms with Crippen LogP contribution >= 0.6 is 0 Å². The molecule has 6 heteroatoms. The molecule has 1 unspecified atom stereocenters. The van der Waals surface area contributed by atoms with Gasteiger partial charge in [-0.15, -0.1) is 0 Å². The molecule has 0 radical (unpaired) electrons. The SMILES string of the molecule is CC(c1nc2ccc(F)cc2[nH]1)n1cncn1. The first-order chi connectivity index (χ1) is 8.24. The van der Waals surface area contributed by atoms with Crippen LogP contribution in [0.5, 0.6) is 0 Å². The smallest absolute Gasteiger partial charge is 0.137 e. The molecule has 0 bridgehead atoms. The number of fused-ring (bicyclic) bond motifs is 1. The highest BCUT2D eigenvalue weighted by Crippen LogP contribution is 2.18. The number of H-pyrrole nitrogens is 1. The Hall–Kier alpha value is -2.24. The summed E-state index contributed by atoms with van der Waals surface area (Å²) in [5.74, 6) is 0.456. The van der Waals surface area contributed by atoms with Gasteiger partial charge in [-0.25, -0.2) is 19.0 Å². The molecule has 0 aliphatic carbocycles. The first-order valence-electron chi connectivity index (χ1n) is 5.23. The van der Waals surface area contributed by atoms with Crippen molar-refractivity contribution in [1.82, 2.24) is 24.7 Å². The van der Waals surface area contributed by atoms with Crippen molar-refractivity contribution in [1.29, 1.82) is 0 Å². The molecular formula is C11H10FN5. The molecular weight excluding hydrogens is 221 g/mol. The van der Waals surface area contributed by atoms with E-state index < -0.39 is 0 Å². The molecule has 5 nitrogen and oxygen atoms in total. The molecule has 3 rings (SSSR count). The summed E-state index contributed by atoms with van der Waals surface area (Å²) in [7, 11) is 0. The minimum absolute atomic E-state index is 0.0621. The number of imidazole rings is 1. The fourth-order valence-corrected chi connectivity index (χ4v) is 1.74. The quantitative estimate of drug-likeness (QED) is 0.732. The van der Waals surface area contributed by atoms with Crippen molar-refractivity contribution in [3.05, 3.63) is 42.5 Å². The summed E-state index contributed by atoms with van der Waals surface area (Å²) in [4.78, 5) is 11.4. The zero-order valence-corrected chi connectivity index (χ0v) is 9.13. The van der Waals surface area contributed by atoms with E-state index in [1.165, 1.54) is 18.5 Å². The van der Waals surface area contributed by atoms with Gasteiger partial charge >= 0.3 is 0 Å². The van der Waals surface area contributed by atoms with Crippen LogP contribution in [0.1, 0.15) is 18.8 Å². The maximum Gasteiger partial charge on any atom is 0.137 e. The van der Waals surface area contributed by atoms with Gasteiger partial charge < -0.3 is 4.98 Å². The fourth-order valence-electron chi connectivity index (χ4n) is 1.74. The molecule has 0 aliphatic rings. The van der Waals surface area contributed by atoms with E-state index in [9.17, 15) is 4.39 Å². The summed E-state index contributed by atoms with van der Waals surface area (Å²) in [5, 5.41) is 4.05. The van der Waals surface area contributed by atoms with Crippen LogP contribution in [0.4, 0.5) is 4.39 Å². The van der Waals surface area contributed by atoms with Gasteiger partial charge in [-0.1, -0.05) is 0 Å². The Morgan fingerprint density at radius 1 is 1.41 bits per heavy atom. The maximum atomic E-state index is 13.0. The van der Waals surface area contributed by atoms with Gasteiger partial charge in [0.25, 0.3) is 0 Å². The molecule has 1 atom stereocenters. The van der Waals surface area contributed by atoms with Gasteiger partial charge in [-0.05, 0) is 25.1 Å². The molecule has 0 aliphatic heterocycles. The summed E-state index contributed by atoms with van der Waals surface area (Å²) in [6.45, 7) is 1.95. The highest BCUT2D eigenvalue weighted by molar-refractivity contribution is 5.75. The summed E-state index contributed by atoms with van der Waals surface area (Å²) < 4.78 is 14.7. The topological polar surface area (TPSA) is 59.4 Å². The predicted octanol–water partition coefficient (Wildman–Crippen LogP) is 1.90. The summed E-state index contributed by atoms with van der Waals surface area (Å²) in [6, 6.07) is 4.42. The third-order valence-corrected chi connectivity index (χ3v) is 2.69. The predicted molar refractivity (Wildman–Crippen MR) is 59.9 cm³/mol. The van der Waals surface area contributed by atoms with Gasteiger partial charge in [0.05, 0.1) is 11.0 Å². The summed E-state index contributed by atoms with van der Waals surface area (Å²) in [5.41, 5.74) is 1.43. The lowest BCUT2D eigenvalue weighted by molar-refractivity contribution is 0.540. The van der Waals surface area contributed by atoms with E-state index in [1.807, 2.05) is 6.92 Å². The Balaban J connectivity index is 2.06. The van der Waals surface area contributed by atoms with E-state index in [1.54, 1.807) is 17.1 Å². The first kappa shape index (κ1) is 9.95. The Morgan fingerprint density at radius 2 is 2.29 bits per heavy atom. The second-order valence-electron chi connectivity index (χ2n) is 3.83. The number of aromatic amines is 1. The van der Waals surface area contributed by atoms with E-state index in [2.05, 4.69) is 20.1 Å². The molecule has 0 amide bonds. The number of nitrogens with one attached hydrogen (secondary N) is 1. The minimum atomic E-state index is -0.277. The van der Waals surface area contributed by atoms with Crippen LogP contribution in [0.2, 0.25) is 0 Å². The molecule has 3 aromatic rings. The fraction of sp³-hybridized carbons (Fsp3) is 0.182. The molecule has 2 aromatic heterocycles. The average molecular weight is 231 g/mol. The van der Waals surface area contributed by atoms with Gasteiger partial charge in [-0.3, -0.25) is 0 Å². The molecule has 1 aromatic carbocycles. The highest BCUT2D eigenvalue weighted by atomic mass is 19.1. The van der Waals surface area contributed by atoms with Crippen LogP contribution in [-0.4, -0.2) is 24.7 Å². The second-order valence-corrected chi connectivity index (χ2v) is 3.83. The van der Waals surface area contributed by atoms with Crippen molar-refractivity contribution in [3.63, 3.8) is 0 Å². The van der Waals surface area contributed by atoms with E-state index >= 15 is 0 Å². The third-order valence-electron chi connectivity index (χ3n) is 2.69. The molecule has 0 saturated heterocycles. The standard InChI is InChI=1S/C11H10FN5/c1-7(17-6-13-5-14-17)11-15-9-3-2-8(12)4-10(9)16-11/h2-7H,1H3,(H,15,16). The number of rotatable bonds is 2. The molecule has 0 fully saturated rings. The molecule has 0 spiro atoms. The Kier molecular flexibility index (Phi) is 2.14. The van der Waals surface area contributed by atoms with Gasteiger partial charge in [0.15, 0.2) is 0 Å². The van der Waals surface area contributed by atoms with Gasteiger partial charge in [0, 0.05) is 0 Å². The number of halogens is 1. The van der Waals surface area contributed by atoms with E-state index in [-0.39, 0.29) is 11.9 Å². The van der Waals surface area contributed by atoms with Crippen molar-refractivity contribution < 1.29 is 4.39 Å². The van der Waals surface area contributed by atoms with Crippen molar-refractivity contribution in [2.45, 2.75) is 13.0 Å². The van der Waals surface area contributed by atoms with Crippen molar-refractivity contribution in [2.75, 3.05) is 0 Å². The average Bonchev–Trinajstić information content (AvgIpc) is 2.96. The van der Waals surface area contributed by atoms with Crippen molar-refractivity contribution in [3.8, 4) is 0 Å². The van der Waals surface area contributed by atoms with E-state index in [4.69, 9.17) is 0 Å². The van der Waals surface area contributed by atoms with Crippen LogP contribution in [-0.2, 0) is 0 Å². The number of hydrogen-bond donors (Lipinski definition) is 1. The van der Waals surface area contributed by atoms with Gasteiger partial charge in [0.2, 0.25) is 0 Å². The number of benzene rings is 1. The Morgan fingerprint density at radius 3 is 3.06 bits per heavy atom. The van der Waals surface area contributed by atoms with Crippen LogP contribution < -0.4 is 0 Å². The maximum absolute atomic E-state index is 13.0. The zero-order valence-electron chi connectivity index (χ0n) is 9.13. The normalized spacial score (nSPS) is 13.1. The summed E-state index contributed by atoms with van der Waals surface area (Å²) in [6.07, 6.45) is 3.09. The Labute approximate surface area is 96.3 Å². The van der Waals surface area contributed by atoms with E-state index in [0.717, 1.165) is 11.3 Å². The van der Waals surface area contributed by atoms with Crippen LogP contribution in [0, 0.1) is 5.82 Å². The number of aromatic nitrogens is 5. The highest BCUT2D eigenvalue weighted by Gasteiger charge is 2.13. The van der Waals surface area contributed by atoms with Gasteiger partial charge in [0.1, 0.15) is 30.3 Å². The third kappa shape index (κ3) is 1.67. The molecule has 0 saturated carbocycles. The lowest BCUT2D eigenvalue weighted by atomic mass is 10.3. The van der Waals surface area contributed by atoms with E-state index in [0.29, 0.717) is 5.52 Å². The monoisotopic (exact) mass is 231 g/mol. The number of hydrogen-bond acceptors (Lipinski definition) is 3.